The molecule has 0 aliphatic rings. The number of methoxy groups -OCH3 is 1. The number of carbonyl (C=O) groups excluding carboxylic acids is 1. The Kier molecular flexibility index (Phi) is 6.78. The van der Waals surface area contributed by atoms with Crippen LogP contribution >= 0.6 is 34.5 Å². The van der Waals surface area contributed by atoms with Gasteiger partial charge in [0.25, 0.3) is 5.91 Å². The highest BCUT2D eigenvalue weighted by molar-refractivity contribution is 7.15. The van der Waals surface area contributed by atoms with E-state index in [1.807, 2.05) is 24.3 Å². The third kappa shape index (κ3) is 5.16. The highest BCUT2D eigenvalue weighted by Gasteiger charge is 2.18. The van der Waals surface area contributed by atoms with Gasteiger partial charge in [0.05, 0.1) is 17.2 Å². The van der Waals surface area contributed by atoms with Crippen molar-refractivity contribution in [3.63, 3.8) is 0 Å². The molecule has 5 nitrogen and oxygen atoms in total. The maximum atomic E-state index is 12.4. The first kappa shape index (κ1) is 20.5. The number of para-hydroxylation sites is 2. The summed E-state index contributed by atoms with van der Waals surface area (Å²) in [5.41, 5.74) is 1.02. The monoisotopic (exact) mass is 436 g/mol. The molecule has 0 fully saturated rings. The molecule has 28 heavy (non-hydrogen) atoms. The van der Waals surface area contributed by atoms with Crippen LogP contribution in [0.15, 0.2) is 48.7 Å². The number of nitrogens with one attached hydrogen (secondary N) is 1. The number of amides is 1. The molecule has 0 radical (unpaired) electrons. The summed E-state index contributed by atoms with van der Waals surface area (Å²) < 4.78 is 10.9. The van der Waals surface area contributed by atoms with Crippen molar-refractivity contribution >= 4 is 45.6 Å². The lowest BCUT2D eigenvalue weighted by molar-refractivity contribution is -0.122. The van der Waals surface area contributed by atoms with Crippen molar-refractivity contribution in [2.75, 3.05) is 12.4 Å². The number of anilines is 1. The molecule has 2 aromatic carbocycles. The summed E-state index contributed by atoms with van der Waals surface area (Å²) in [7, 11) is 1.55. The number of benzene rings is 2. The van der Waals surface area contributed by atoms with Gasteiger partial charge in [-0.15, -0.1) is 11.3 Å². The number of thiazole rings is 1. The van der Waals surface area contributed by atoms with E-state index in [9.17, 15) is 4.79 Å². The Morgan fingerprint density at radius 2 is 1.93 bits per heavy atom. The predicted molar refractivity (Wildman–Crippen MR) is 113 cm³/mol. The first-order valence-corrected chi connectivity index (χ1v) is 10.0. The summed E-state index contributed by atoms with van der Waals surface area (Å²) in [6.07, 6.45) is 1.67. The summed E-state index contributed by atoms with van der Waals surface area (Å²) >= 11 is 13.4. The summed E-state index contributed by atoms with van der Waals surface area (Å²) in [6, 6.07) is 12.7. The van der Waals surface area contributed by atoms with Gasteiger partial charge in [0, 0.05) is 17.5 Å². The largest absolute Gasteiger partial charge is 0.493 e. The number of halogens is 2. The van der Waals surface area contributed by atoms with Gasteiger partial charge in [-0.1, -0.05) is 41.4 Å². The van der Waals surface area contributed by atoms with E-state index in [0.29, 0.717) is 33.1 Å². The maximum Gasteiger partial charge on any atom is 0.266 e. The van der Waals surface area contributed by atoms with Gasteiger partial charge in [-0.2, -0.15) is 0 Å². The molecule has 3 aromatic rings. The topological polar surface area (TPSA) is 60.5 Å². The lowest BCUT2D eigenvalue weighted by Gasteiger charge is -2.15. The van der Waals surface area contributed by atoms with Crippen LogP contribution in [0.3, 0.4) is 0 Å². The Balaban J connectivity index is 1.60. The van der Waals surface area contributed by atoms with Gasteiger partial charge in [-0.25, -0.2) is 4.98 Å². The third-order valence-corrected chi connectivity index (χ3v) is 5.54. The first-order chi connectivity index (χ1) is 13.5. The SMILES string of the molecule is COc1ccccc1OC(C)C(=O)Nc1ncc(Cc2ccc(Cl)c(Cl)c2)s1. The number of nitrogens with zero attached hydrogens (tertiary/aromatic N) is 1. The van der Waals surface area contributed by atoms with Crippen molar-refractivity contribution < 1.29 is 14.3 Å². The highest BCUT2D eigenvalue weighted by Crippen LogP contribution is 2.28. The lowest BCUT2D eigenvalue weighted by atomic mass is 10.1. The summed E-state index contributed by atoms with van der Waals surface area (Å²) in [6.45, 7) is 1.67. The Bertz CT molecular complexity index is 978. The van der Waals surface area contributed by atoms with Gasteiger partial charge in [-0.05, 0) is 36.8 Å². The molecule has 0 saturated carbocycles. The molecule has 0 aliphatic carbocycles. The van der Waals surface area contributed by atoms with E-state index in [4.69, 9.17) is 32.7 Å². The molecule has 1 aromatic heterocycles. The highest BCUT2D eigenvalue weighted by atomic mass is 35.5. The van der Waals surface area contributed by atoms with Crippen LogP contribution in [0, 0.1) is 0 Å². The van der Waals surface area contributed by atoms with Crippen LogP contribution in [-0.2, 0) is 11.2 Å². The maximum absolute atomic E-state index is 12.4. The Morgan fingerprint density at radius 1 is 1.18 bits per heavy atom. The second-order valence-electron chi connectivity index (χ2n) is 5.96. The fourth-order valence-corrected chi connectivity index (χ4v) is 3.64. The lowest BCUT2D eigenvalue weighted by Crippen LogP contribution is -2.30. The molecule has 146 valence electrons. The van der Waals surface area contributed by atoms with Gasteiger partial charge in [0.2, 0.25) is 0 Å². The zero-order valence-electron chi connectivity index (χ0n) is 15.2. The van der Waals surface area contributed by atoms with Gasteiger partial charge in [0.1, 0.15) is 0 Å². The van der Waals surface area contributed by atoms with E-state index in [1.54, 1.807) is 38.4 Å². The number of ether oxygens (including phenoxy) is 2. The molecule has 1 amide bonds. The fourth-order valence-electron chi connectivity index (χ4n) is 2.46. The summed E-state index contributed by atoms with van der Waals surface area (Å²) in [5.74, 6) is 0.786. The first-order valence-electron chi connectivity index (χ1n) is 8.45. The molecular formula is C20H18Cl2N2O3S. The molecule has 8 heteroatoms. The van der Waals surface area contributed by atoms with Crippen LogP contribution in [0.25, 0.3) is 0 Å². The standard InChI is InChI=1S/C20H18Cl2N2O3S/c1-12(27-18-6-4-3-5-17(18)26-2)19(25)24-20-23-11-14(28-20)9-13-7-8-15(21)16(22)10-13/h3-8,10-12H,9H2,1-2H3,(H,23,24,25). The summed E-state index contributed by atoms with van der Waals surface area (Å²) in [5, 5.41) is 4.32. The van der Waals surface area contributed by atoms with E-state index in [0.717, 1.165) is 10.4 Å². The Labute approximate surface area is 177 Å². The molecule has 1 heterocycles. The fraction of sp³-hybridized carbons (Fsp3) is 0.200. The molecule has 3 rings (SSSR count). The van der Waals surface area contributed by atoms with E-state index in [2.05, 4.69) is 10.3 Å². The average Bonchev–Trinajstić information content (AvgIpc) is 3.12. The van der Waals surface area contributed by atoms with Crippen molar-refractivity contribution in [1.82, 2.24) is 4.98 Å². The number of hydrogen-bond acceptors (Lipinski definition) is 5. The van der Waals surface area contributed by atoms with Crippen molar-refractivity contribution in [1.29, 1.82) is 0 Å². The second kappa shape index (κ2) is 9.28. The summed E-state index contributed by atoms with van der Waals surface area (Å²) in [4.78, 5) is 17.7. The average molecular weight is 437 g/mol. The zero-order valence-corrected chi connectivity index (χ0v) is 17.6. The minimum absolute atomic E-state index is 0.290. The molecular weight excluding hydrogens is 419 g/mol. The Hall–Kier alpha value is -2.28. The quantitative estimate of drug-likeness (QED) is 0.534. The zero-order chi connectivity index (χ0) is 20.1. The molecule has 0 aliphatic heterocycles. The van der Waals surface area contributed by atoms with Crippen molar-refractivity contribution in [2.24, 2.45) is 0 Å². The second-order valence-corrected chi connectivity index (χ2v) is 7.89. The van der Waals surface area contributed by atoms with E-state index < -0.39 is 6.10 Å². The van der Waals surface area contributed by atoms with Crippen LogP contribution in [0.2, 0.25) is 10.0 Å². The van der Waals surface area contributed by atoms with Crippen LogP contribution in [0.4, 0.5) is 5.13 Å². The number of hydrogen-bond donors (Lipinski definition) is 1. The normalized spacial score (nSPS) is 11.7. The van der Waals surface area contributed by atoms with Crippen LogP contribution in [0.5, 0.6) is 11.5 Å². The molecule has 0 spiro atoms. The molecule has 0 bridgehead atoms. The number of rotatable bonds is 7. The molecule has 1 unspecified atom stereocenters. The van der Waals surface area contributed by atoms with E-state index in [-0.39, 0.29) is 5.91 Å². The minimum atomic E-state index is -0.710. The van der Waals surface area contributed by atoms with Gasteiger partial charge >= 0.3 is 0 Å². The predicted octanol–water partition coefficient (Wildman–Crippen LogP) is 5.46. The number of carbonyl (C=O) groups is 1. The van der Waals surface area contributed by atoms with E-state index in [1.165, 1.54) is 11.3 Å². The van der Waals surface area contributed by atoms with Crippen LogP contribution < -0.4 is 14.8 Å². The van der Waals surface area contributed by atoms with Crippen molar-refractivity contribution in [3.05, 3.63) is 69.1 Å². The molecule has 1 N–H and O–H groups in total. The van der Waals surface area contributed by atoms with Crippen LogP contribution in [0.1, 0.15) is 17.4 Å². The van der Waals surface area contributed by atoms with E-state index >= 15 is 0 Å². The Morgan fingerprint density at radius 3 is 2.64 bits per heavy atom. The third-order valence-electron chi connectivity index (χ3n) is 3.89. The number of aromatic nitrogens is 1. The van der Waals surface area contributed by atoms with Crippen molar-refractivity contribution in [3.8, 4) is 11.5 Å². The van der Waals surface area contributed by atoms with Crippen molar-refractivity contribution in [2.45, 2.75) is 19.4 Å². The van der Waals surface area contributed by atoms with Gasteiger partial charge < -0.3 is 9.47 Å². The minimum Gasteiger partial charge on any atom is -0.493 e. The molecule has 0 saturated heterocycles. The van der Waals surface area contributed by atoms with Gasteiger partial charge in [0.15, 0.2) is 22.7 Å². The van der Waals surface area contributed by atoms with Crippen LogP contribution in [-0.4, -0.2) is 24.1 Å². The molecule has 1 atom stereocenters. The smallest absolute Gasteiger partial charge is 0.266 e. The van der Waals surface area contributed by atoms with Gasteiger partial charge in [-0.3, -0.25) is 10.1 Å².